The van der Waals surface area contributed by atoms with Crippen LogP contribution in [0.4, 0.5) is 0 Å². The van der Waals surface area contributed by atoms with Crippen molar-refractivity contribution in [2.24, 2.45) is 5.92 Å². The molecule has 0 bridgehead atoms. The van der Waals surface area contributed by atoms with Crippen LogP contribution in [0, 0.1) is 17.8 Å². The fourth-order valence-corrected chi connectivity index (χ4v) is 5.16. The summed E-state index contributed by atoms with van der Waals surface area (Å²) in [4.78, 5) is 13.7. The molecule has 0 saturated carbocycles. The lowest BCUT2D eigenvalue weighted by Gasteiger charge is -2.37. The van der Waals surface area contributed by atoms with E-state index in [2.05, 4.69) is 11.8 Å². The van der Waals surface area contributed by atoms with E-state index in [1.54, 1.807) is 26.1 Å². The van der Waals surface area contributed by atoms with Crippen molar-refractivity contribution in [3.63, 3.8) is 0 Å². The number of fused-ring (bicyclic) bond motifs is 1. The van der Waals surface area contributed by atoms with Crippen molar-refractivity contribution >= 4 is 15.9 Å². The Morgan fingerprint density at radius 3 is 2.72 bits per heavy atom. The van der Waals surface area contributed by atoms with Crippen molar-refractivity contribution in [3.8, 4) is 17.6 Å². The Balaban J connectivity index is 2.52. The lowest BCUT2D eigenvalue weighted by atomic mass is 10.0. The molecule has 1 N–H and O–H groups in total. The lowest BCUT2D eigenvalue weighted by Crippen LogP contribution is -2.50. The van der Waals surface area contributed by atoms with E-state index >= 15 is 0 Å². The predicted octanol–water partition coefficient (Wildman–Crippen LogP) is 0.558. The van der Waals surface area contributed by atoms with Crippen LogP contribution in [0.5, 0.6) is 5.75 Å². The van der Waals surface area contributed by atoms with Gasteiger partial charge in [0, 0.05) is 45.3 Å². The summed E-state index contributed by atoms with van der Waals surface area (Å²) in [6.07, 6.45) is -0.495. The number of likely N-dealkylation sites (N-methyl/N-ethyl adjacent to an activating group) is 1. The highest BCUT2D eigenvalue weighted by Crippen LogP contribution is 2.34. The first-order valence-electron chi connectivity index (χ1n) is 10.3. The summed E-state index contributed by atoms with van der Waals surface area (Å²) in [7, 11) is 0.700. The molecular formula is C22H32N2O7S. The normalized spacial score (nSPS) is 21.2. The molecule has 0 aliphatic carbocycles. The molecule has 0 radical (unpaired) electrons. The minimum absolute atomic E-state index is 0.00198. The molecule has 0 fully saturated rings. The second-order valence-electron chi connectivity index (χ2n) is 7.84. The quantitative estimate of drug-likeness (QED) is 0.583. The number of carbonyl (C=O) groups excluding carboxylic acids is 1. The molecule has 9 nitrogen and oxygen atoms in total. The van der Waals surface area contributed by atoms with E-state index in [9.17, 15) is 18.3 Å². The van der Waals surface area contributed by atoms with Gasteiger partial charge >= 0.3 is 0 Å². The Morgan fingerprint density at radius 1 is 1.38 bits per heavy atom. The number of aliphatic hydroxyl groups is 1. The van der Waals surface area contributed by atoms with Gasteiger partial charge in [-0.25, -0.2) is 8.42 Å². The summed E-state index contributed by atoms with van der Waals surface area (Å²) < 4.78 is 44.2. The van der Waals surface area contributed by atoms with Gasteiger partial charge in [-0.1, -0.05) is 18.8 Å². The van der Waals surface area contributed by atoms with Gasteiger partial charge in [0.1, 0.15) is 30.0 Å². The highest BCUT2D eigenvalue weighted by Gasteiger charge is 2.38. The van der Waals surface area contributed by atoms with Crippen LogP contribution in [-0.2, 0) is 24.3 Å². The third kappa shape index (κ3) is 6.21. The second kappa shape index (κ2) is 11.6. The van der Waals surface area contributed by atoms with Gasteiger partial charge in [-0.2, -0.15) is 4.31 Å². The number of methoxy groups -OCH3 is 2. The van der Waals surface area contributed by atoms with Crippen LogP contribution in [0.25, 0.3) is 0 Å². The van der Waals surface area contributed by atoms with Gasteiger partial charge in [-0.3, -0.25) is 4.79 Å². The molecule has 1 aliphatic rings. The highest BCUT2D eigenvalue weighted by molar-refractivity contribution is 7.89. The molecule has 1 amide bonds. The highest BCUT2D eigenvalue weighted by atomic mass is 32.2. The van der Waals surface area contributed by atoms with Crippen LogP contribution in [0.3, 0.4) is 0 Å². The predicted molar refractivity (Wildman–Crippen MR) is 119 cm³/mol. The molecule has 0 aromatic heterocycles. The number of nitrogens with zero attached hydrogens (tertiary/aromatic N) is 2. The first kappa shape index (κ1) is 26.1. The van der Waals surface area contributed by atoms with E-state index in [1.165, 1.54) is 29.5 Å². The van der Waals surface area contributed by atoms with Crippen LogP contribution in [0.2, 0.25) is 0 Å². The first-order chi connectivity index (χ1) is 15.1. The number of rotatable bonds is 7. The molecule has 2 rings (SSSR count). The molecule has 32 heavy (non-hydrogen) atoms. The Morgan fingerprint density at radius 2 is 2.09 bits per heavy atom. The number of aliphatic hydroxyl groups excluding tert-OH is 1. The minimum Gasteiger partial charge on any atom is -0.487 e. The summed E-state index contributed by atoms with van der Waals surface area (Å²) >= 11 is 0. The number of hydrogen-bond donors (Lipinski definition) is 1. The maximum absolute atomic E-state index is 13.4. The van der Waals surface area contributed by atoms with Crippen molar-refractivity contribution in [3.05, 3.63) is 23.8 Å². The largest absolute Gasteiger partial charge is 0.487 e. The third-order valence-electron chi connectivity index (χ3n) is 5.26. The maximum atomic E-state index is 13.4. The number of hydrogen-bond acceptors (Lipinski definition) is 7. The van der Waals surface area contributed by atoms with E-state index in [1.807, 2.05) is 6.92 Å². The zero-order chi connectivity index (χ0) is 23.9. The third-order valence-corrected chi connectivity index (χ3v) is 7.28. The molecule has 10 heteroatoms. The van der Waals surface area contributed by atoms with Gasteiger partial charge in [-0.15, -0.1) is 0 Å². The van der Waals surface area contributed by atoms with Gasteiger partial charge in [0.2, 0.25) is 15.9 Å². The van der Waals surface area contributed by atoms with E-state index in [0.29, 0.717) is 5.56 Å². The van der Waals surface area contributed by atoms with E-state index in [4.69, 9.17) is 14.2 Å². The van der Waals surface area contributed by atoms with Gasteiger partial charge in [0.25, 0.3) is 0 Å². The minimum atomic E-state index is -3.93. The zero-order valence-electron chi connectivity index (χ0n) is 19.2. The van der Waals surface area contributed by atoms with Crippen molar-refractivity contribution in [1.82, 2.24) is 9.21 Å². The molecule has 1 aromatic rings. The average Bonchev–Trinajstić information content (AvgIpc) is 2.75. The molecule has 1 aromatic carbocycles. The maximum Gasteiger partial charge on any atom is 0.248 e. The molecule has 3 atom stereocenters. The molecule has 0 unspecified atom stereocenters. The van der Waals surface area contributed by atoms with Crippen LogP contribution in [0.15, 0.2) is 23.1 Å². The van der Waals surface area contributed by atoms with Gasteiger partial charge in [-0.05, 0) is 25.1 Å². The lowest BCUT2D eigenvalue weighted by molar-refractivity contribution is -0.135. The number of ether oxygens (including phenoxy) is 3. The standard InChI is InChI=1S/C22H32N2O7S/c1-16-12-24(17(2)14-25)32(27,28)21-9-8-18(7-6-10-29-4)11-19(21)31-20(16)13-23(3)22(26)15-30-5/h8-9,11,16-17,20,25H,10,12-15H2,1-5H3/t16-,17-,20-/m0/s1. The van der Waals surface area contributed by atoms with Crippen molar-refractivity contribution < 1.29 is 32.5 Å². The average molecular weight is 469 g/mol. The molecule has 178 valence electrons. The smallest absolute Gasteiger partial charge is 0.248 e. The summed E-state index contributed by atoms with van der Waals surface area (Å²) in [6, 6.07) is 4.03. The molecule has 0 saturated heterocycles. The Bertz CT molecular complexity index is 955. The van der Waals surface area contributed by atoms with Gasteiger partial charge < -0.3 is 24.2 Å². The van der Waals surface area contributed by atoms with Gasteiger partial charge in [0.15, 0.2) is 0 Å². The van der Waals surface area contributed by atoms with Crippen molar-refractivity contribution in [2.45, 2.75) is 30.9 Å². The molecule has 1 heterocycles. The molecule has 0 spiro atoms. The number of amides is 1. The summed E-state index contributed by atoms with van der Waals surface area (Å²) in [5, 5.41) is 9.69. The van der Waals surface area contributed by atoms with Crippen LogP contribution >= 0.6 is 0 Å². The Hall–Kier alpha value is -2.16. The number of carbonyl (C=O) groups is 1. The summed E-state index contributed by atoms with van der Waals surface area (Å²) in [5.74, 6) is 5.44. The second-order valence-corrected chi connectivity index (χ2v) is 9.70. The molecular weight excluding hydrogens is 436 g/mol. The Labute approximate surface area is 190 Å². The molecule has 1 aliphatic heterocycles. The van der Waals surface area contributed by atoms with Crippen LogP contribution < -0.4 is 4.74 Å². The summed E-state index contributed by atoms with van der Waals surface area (Å²) in [6.45, 7) is 3.75. The van der Waals surface area contributed by atoms with Crippen molar-refractivity contribution in [1.29, 1.82) is 0 Å². The first-order valence-corrected chi connectivity index (χ1v) is 11.7. The zero-order valence-corrected chi connectivity index (χ0v) is 20.0. The summed E-state index contributed by atoms with van der Waals surface area (Å²) in [5.41, 5.74) is 0.577. The monoisotopic (exact) mass is 468 g/mol. The van der Waals surface area contributed by atoms with Crippen LogP contribution in [0.1, 0.15) is 19.4 Å². The van der Waals surface area contributed by atoms with Crippen molar-refractivity contribution in [2.75, 3.05) is 54.2 Å². The van der Waals surface area contributed by atoms with Crippen LogP contribution in [-0.4, -0.2) is 95.0 Å². The number of sulfonamides is 1. The van der Waals surface area contributed by atoms with Gasteiger partial charge in [0.05, 0.1) is 13.2 Å². The van der Waals surface area contributed by atoms with E-state index in [-0.39, 0.29) is 55.4 Å². The topological polar surface area (TPSA) is 106 Å². The SMILES string of the molecule is COCC#Cc1ccc2c(c1)O[C@@H](CN(C)C(=O)COC)[C@@H](C)CN([C@@H](C)CO)S2(=O)=O. The fourth-order valence-electron chi connectivity index (χ4n) is 3.34. The number of benzene rings is 1. The Kier molecular flexibility index (Phi) is 9.48. The van der Waals surface area contributed by atoms with E-state index in [0.717, 1.165) is 0 Å². The van der Waals surface area contributed by atoms with E-state index < -0.39 is 22.2 Å². The fraction of sp³-hybridized carbons (Fsp3) is 0.591.